The van der Waals surface area contributed by atoms with Crippen LogP contribution in [0.25, 0.3) is 0 Å². The number of carbonyl (C=O) groups is 2. The van der Waals surface area contributed by atoms with E-state index in [2.05, 4.69) is 0 Å². The second-order valence-corrected chi connectivity index (χ2v) is 5.84. The van der Waals surface area contributed by atoms with Gasteiger partial charge in [0.1, 0.15) is 17.4 Å². The number of benzene rings is 1. The summed E-state index contributed by atoms with van der Waals surface area (Å²) in [5, 5.41) is 9.32. The highest BCUT2D eigenvalue weighted by Crippen LogP contribution is 2.35. The van der Waals surface area contributed by atoms with Gasteiger partial charge in [0.2, 0.25) is 0 Å². The smallest absolute Gasteiger partial charge is 0.326 e. The number of carbonyl (C=O) groups excluding carboxylic acids is 1. The number of ether oxygens (including phenoxy) is 2. The Balaban J connectivity index is 2.04. The molecule has 1 fully saturated rings. The van der Waals surface area contributed by atoms with Gasteiger partial charge in [-0.15, -0.1) is 0 Å². The molecule has 3 rings (SSSR count). The fourth-order valence-corrected chi connectivity index (χ4v) is 2.98. The van der Waals surface area contributed by atoms with Crippen molar-refractivity contribution in [2.75, 3.05) is 19.8 Å². The monoisotopic (exact) mass is 305 g/mol. The van der Waals surface area contributed by atoms with Crippen molar-refractivity contribution in [1.82, 2.24) is 4.90 Å². The van der Waals surface area contributed by atoms with Crippen LogP contribution in [0.2, 0.25) is 0 Å². The van der Waals surface area contributed by atoms with Crippen LogP contribution in [0.1, 0.15) is 30.1 Å². The molecule has 0 saturated carbocycles. The maximum absolute atomic E-state index is 12.8. The molecular formula is C16H19NO5. The third-order valence-corrected chi connectivity index (χ3v) is 4.39. The third kappa shape index (κ3) is 2.54. The number of fused-ring (bicyclic) bond motifs is 1. The van der Waals surface area contributed by atoms with Crippen molar-refractivity contribution in [3.8, 4) is 5.75 Å². The summed E-state index contributed by atoms with van der Waals surface area (Å²) < 4.78 is 11.6. The van der Waals surface area contributed by atoms with Crippen LogP contribution >= 0.6 is 0 Å². The van der Waals surface area contributed by atoms with Crippen molar-refractivity contribution in [2.24, 2.45) is 0 Å². The number of para-hydroxylation sites is 1. The standard InChI is InChI=1S/C16H19NO5/c1-11(15(19)20)17-10-16(6-8-21-9-7-16)22-13-5-3-2-4-12(13)14(17)18/h2-5,11H,6-10H2,1H3,(H,19,20). The quantitative estimate of drug-likeness (QED) is 0.897. The first-order chi connectivity index (χ1) is 10.5. The molecule has 6 nitrogen and oxygen atoms in total. The molecule has 1 amide bonds. The third-order valence-electron chi connectivity index (χ3n) is 4.39. The second kappa shape index (κ2) is 5.61. The normalized spacial score (nSPS) is 21.7. The largest absolute Gasteiger partial charge is 0.484 e. The summed E-state index contributed by atoms with van der Waals surface area (Å²) in [7, 11) is 0. The molecule has 6 heteroatoms. The van der Waals surface area contributed by atoms with Crippen LogP contribution in [-0.4, -0.2) is 53.3 Å². The highest BCUT2D eigenvalue weighted by Gasteiger charge is 2.44. The number of hydrogen-bond donors (Lipinski definition) is 1. The fourth-order valence-electron chi connectivity index (χ4n) is 2.98. The fraction of sp³-hybridized carbons (Fsp3) is 0.500. The Morgan fingerprint density at radius 2 is 2.00 bits per heavy atom. The van der Waals surface area contributed by atoms with Gasteiger partial charge < -0.3 is 19.5 Å². The SMILES string of the molecule is CC(C(=O)O)N1CC2(CCOCC2)Oc2ccccc2C1=O. The summed E-state index contributed by atoms with van der Waals surface area (Å²) >= 11 is 0. The van der Waals surface area contributed by atoms with Crippen LogP contribution in [0.15, 0.2) is 24.3 Å². The summed E-state index contributed by atoms with van der Waals surface area (Å²) in [6.07, 6.45) is 1.27. The second-order valence-electron chi connectivity index (χ2n) is 5.84. The van der Waals surface area contributed by atoms with E-state index in [4.69, 9.17) is 9.47 Å². The van der Waals surface area contributed by atoms with E-state index in [-0.39, 0.29) is 12.5 Å². The lowest BCUT2D eigenvalue weighted by molar-refractivity contribution is -0.143. The number of nitrogens with zero attached hydrogens (tertiary/aromatic N) is 1. The minimum absolute atomic E-state index is 0.261. The van der Waals surface area contributed by atoms with Gasteiger partial charge in [0.25, 0.3) is 5.91 Å². The molecule has 2 aliphatic heterocycles. The first kappa shape index (κ1) is 14.8. The van der Waals surface area contributed by atoms with E-state index < -0.39 is 17.6 Å². The molecule has 1 saturated heterocycles. The van der Waals surface area contributed by atoms with Gasteiger partial charge in [-0.25, -0.2) is 4.79 Å². The van der Waals surface area contributed by atoms with Crippen molar-refractivity contribution >= 4 is 11.9 Å². The Kier molecular flexibility index (Phi) is 3.78. The van der Waals surface area contributed by atoms with Gasteiger partial charge in [-0.2, -0.15) is 0 Å². The maximum Gasteiger partial charge on any atom is 0.326 e. The van der Waals surface area contributed by atoms with Gasteiger partial charge in [-0.1, -0.05) is 12.1 Å². The number of aliphatic carboxylic acids is 1. The molecule has 2 aliphatic rings. The number of rotatable bonds is 2. The first-order valence-corrected chi connectivity index (χ1v) is 7.42. The molecule has 118 valence electrons. The number of carboxylic acids is 1. The predicted molar refractivity (Wildman–Crippen MR) is 78.0 cm³/mol. The van der Waals surface area contributed by atoms with Crippen LogP contribution in [0.5, 0.6) is 5.75 Å². The summed E-state index contributed by atoms with van der Waals surface area (Å²) in [6.45, 7) is 2.88. The van der Waals surface area contributed by atoms with E-state index in [9.17, 15) is 14.7 Å². The van der Waals surface area contributed by atoms with E-state index in [1.165, 1.54) is 11.8 Å². The van der Waals surface area contributed by atoms with Gasteiger partial charge >= 0.3 is 5.97 Å². The maximum atomic E-state index is 12.8. The molecule has 1 unspecified atom stereocenters. The zero-order valence-electron chi connectivity index (χ0n) is 12.4. The summed E-state index contributed by atoms with van der Waals surface area (Å²) in [5.41, 5.74) is -0.163. The molecule has 0 aliphatic carbocycles. The highest BCUT2D eigenvalue weighted by molar-refractivity contribution is 5.99. The van der Waals surface area contributed by atoms with Crippen molar-refractivity contribution in [1.29, 1.82) is 0 Å². The zero-order valence-corrected chi connectivity index (χ0v) is 12.4. The molecule has 0 bridgehead atoms. The predicted octanol–water partition coefficient (Wildman–Crippen LogP) is 1.54. The Bertz CT molecular complexity index is 594. The van der Waals surface area contributed by atoms with Crippen molar-refractivity contribution in [2.45, 2.75) is 31.4 Å². The Morgan fingerprint density at radius 3 is 2.68 bits per heavy atom. The summed E-state index contributed by atoms with van der Waals surface area (Å²) in [5.74, 6) is -0.793. The topological polar surface area (TPSA) is 76.1 Å². The molecule has 1 aromatic rings. The van der Waals surface area contributed by atoms with Crippen molar-refractivity contribution < 1.29 is 24.2 Å². The van der Waals surface area contributed by atoms with Crippen LogP contribution in [0.4, 0.5) is 0 Å². The van der Waals surface area contributed by atoms with Crippen LogP contribution in [0, 0.1) is 0 Å². The van der Waals surface area contributed by atoms with Crippen LogP contribution < -0.4 is 4.74 Å². The van der Waals surface area contributed by atoms with Gasteiger partial charge in [0, 0.05) is 12.8 Å². The average molecular weight is 305 g/mol. The van der Waals surface area contributed by atoms with E-state index >= 15 is 0 Å². The van der Waals surface area contributed by atoms with E-state index in [0.717, 1.165) is 0 Å². The minimum Gasteiger partial charge on any atom is -0.484 e. The Hall–Kier alpha value is -2.08. The molecule has 1 atom stereocenters. The Morgan fingerprint density at radius 1 is 1.32 bits per heavy atom. The molecule has 2 heterocycles. The lowest BCUT2D eigenvalue weighted by Gasteiger charge is -2.39. The van der Waals surface area contributed by atoms with Gasteiger partial charge in [0.15, 0.2) is 0 Å². The lowest BCUT2D eigenvalue weighted by atomic mass is 9.93. The molecule has 0 aromatic heterocycles. The highest BCUT2D eigenvalue weighted by atomic mass is 16.5. The van der Waals surface area contributed by atoms with Gasteiger partial charge in [-0.3, -0.25) is 4.79 Å². The van der Waals surface area contributed by atoms with Crippen LogP contribution in [-0.2, 0) is 9.53 Å². The van der Waals surface area contributed by atoms with E-state index in [0.29, 0.717) is 37.4 Å². The lowest BCUT2D eigenvalue weighted by Crippen LogP contribution is -2.54. The zero-order chi connectivity index (χ0) is 15.7. The van der Waals surface area contributed by atoms with Crippen molar-refractivity contribution in [3.63, 3.8) is 0 Å². The summed E-state index contributed by atoms with van der Waals surface area (Å²) in [4.78, 5) is 25.5. The molecule has 1 aromatic carbocycles. The van der Waals surface area contributed by atoms with Crippen molar-refractivity contribution in [3.05, 3.63) is 29.8 Å². The average Bonchev–Trinajstić information content (AvgIpc) is 2.63. The molecular weight excluding hydrogens is 286 g/mol. The van der Waals surface area contributed by atoms with Gasteiger partial charge in [-0.05, 0) is 19.1 Å². The Labute approximate surface area is 128 Å². The molecule has 22 heavy (non-hydrogen) atoms. The molecule has 1 spiro atoms. The van der Waals surface area contributed by atoms with Gasteiger partial charge in [0.05, 0.1) is 25.3 Å². The minimum atomic E-state index is -1.02. The number of carboxylic acid groups (broad SMARTS) is 1. The first-order valence-electron chi connectivity index (χ1n) is 7.42. The molecule has 1 N–H and O–H groups in total. The van der Waals surface area contributed by atoms with E-state index in [1.54, 1.807) is 18.2 Å². The number of amides is 1. The van der Waals surface area contributed by atoms with E-state index in [1.807, 2.05) is 6.07 Å². The van der Waals surface area contributed by atoms with Crippen LogP contribution in [0.3, 0.4) is 0 Å². The summed E-state index contributed by atoms with van der Waals surface area (Å²) in [6, 6.07) is 6.11. The molecule has 0 radical (unpaired) electrons. The number of hydrogen-bond acceptors (Lipinski definition) is 4.